The molecule has 0 aliphatic carbocycles. The van der Waals surface area contributed by atoms with E-state index in [0.29, 0.717) is 35.9 Å². The Morgan fingerprint density at radius 2 is 1.62 bits per heavy atom. The number of methoxy groups -OCH3 is 4. The second-order valence-electron chi connectivity index (χ2n) is 8.56. The van der Waals surface area contributed by atoms with Crippen LogP contribution >= 0.6 is 0 Å². The molecule has 2 aliphatic rings. The maximum Gasteiger partial charge on any atom is 0.254 e. The number of nitrogens with zero attached hydrogens (tertiary/aromatic N) is 2. The first kappa shape index (κ1) is 22.0. The number of anilines is 1. The standard InChI is InChI=1S/C26H29N3O5/c1-31-18-7-8-20-19(16-18)27-26(23-6-5-11-29(20)23)9-12-28(13-10-26)25(30)17-14-21(32-2)24(34-4)22(15-17)33-3/h5-8,11,14-16,27H,9-10,12-13H2,1-4H3. The van der Waals surface area contributed by atoms with Crippen LogP contribution in [0.1, 0.15) is 28.9 Å². The molecule has 0 unspecified atom stereocenters. The van der Waals surface area contributed by atoms with Gasteiger partial charge in [-0.15, -0.1) is 0 Å². The second-order valence-corrected chi connectivity index (χ2v) is 8.56. The van der Waals surface area contributed by atoms with Crippen molar-refractivity contribution in [3.05, 3.63) is 59.9 Å². The Hall–Kier alpha value is -3.81. The van der Waals surface area contributed by atoms with E-state index >= 15 is 0 Å². The van der Waals surface area contributed by atoms with Crippen molar-refractivity contribution < 1.29 is 23.7 Å². The van der Waals surface area contributed by atoms with Crippen LogP contribution in [0.3, 0.4) is 0 Å². The van der Waals surface area contributed by atoms with Crippen LogP contribution in [0.2, 0.25) is 0 Å². The number of aromatic nitrogens is 1. The highest BCUT2D eigenvalue weighted by molar-refractivity contribution is 5.95. The van der Waals surface area contributed by atoms with Crippen molar-refractivity contribution in [3.63, 3.8) is 0 Å². The number of carbonyl (C=O) groups excluding carboxylic acids is 1. The first-order valence-corrected chi connectivity index (χ1v) is 11.3. The minimum Gasteiger partial charge on any atom is -0.497 e. The number of fused-ring (bicyclic) bond motifs is 4. The minimum absolute atomic E-state index is 0.0534. The maximum atomic E-state index is 13.4. The summed E-state index contributed by atoms with van der Waals surface area (Å²) in [4.78, 5) is 15.3. The summed E-state index contributed by atoms with van der Waals surface area (Å²) in [6, 6.07) is 13.7. The molecule has 8 heteroatoms. The molecule has 178 valence electrons. The van der Waals surface area contributed by atoms with Crippen LogP contribution in [-0.4, -0.2) is 56.9 Å². The van der Waals surface area contributed by atoms with Gasteiger partial charge in [-0.25, -0.2) is 0 Å². The van der Waals surface area contributed by atoms with Gasteiger partial charge in [0.05, 0.1) is 45.4 Å². The van der Waals surface area contributed by atoms with E-state index in [1.54, 1.807) is 40.6 Å². The molecule has 0 atom stereocenters. The van der Waals surface area contributed by atoms with Crippen molar-refractivity contribution in [2.45, 2.75) is 18.4 Å². The third-order valence-electron chi connectivity index (χ3n) is 6.89. The lowest BCUT2D eigenvalue weighted by molar-refractivity contribution is 0.0675. The Kier molecular flexibility index (Phi) is 5.51. The Morgan fingerprint density at radius 3 is 2.24 bits per heavy atom. The summed E-state index contributed by atoms with van der Waals surface area (Å²) in [7, 11) is 6.32. The summed E-state index contributed by atoms with van der Waals surface area (Å²) in [5.41, 5.74) is 3.61. The molecular weight excluding hydrogens is 434 g/mol. The molecule has 3 aromatic rings. The normalized spacial score (nSPS) is 15.7. The predicted octanol–water partition coefficient (Wildman–Crippen LogP) is 4.07. The highest BCUT2D eigenvalue weighted by Gasteiger charge is 2.42. The lowest BCUT2D eigenvalue weighted by Gasteiger charge is -2.46. The highest BCUT2D eigenvalue weighted by Crippen LogP contribution is 2.45. The van der Waals surface area contributed by atoms with E-state index in [9.17, 15) is 4.79 Å². The van der Waals surface area contributed by atoms with Gasteiger partial charge in [0.15, 0.2) is 11.5 Å². The predicted molar refractivity (Wildman–Crippen MR) is 129 cm³/mol. The number of hydrogen-bond donors (Lipinski definition) is 1. The molecule has 1 amide bonds. The van der Waals surface area contributed by atoms with Gasteiger partial charge in [0.2, 0.25) is 5.75 Å². The van der Waals surface area contributed by atoms with Crippen LogP contribution in [0.5, 0.6) is 23.0 Å². The third kappa shape index (κ3) is 3.41. The monoisotopic (exact) mass is 463 g/mol. The smallest absolute Gasteiger partial charge is 0.254 e. The molecule has 34 heavy (non-hydrogen) atoms. The van der Waals surface area contributed by atoms with E-state index in [1.165, 1.54) is 5.69 Å². The van der Waals surface area contributed by atoms with Crippen LogP contribution in [-0.2, 0) is 5.54 Å². The number of amides is 1. The molecule has 5 rings (SSSR count). The molecule has 1 saturated heterocycles. The fourth-order valence-corrected chi connectivity index (χ4v) is 5.11. The van der Waals surface area contributed by atoms with Crippen molar-refractivity contribution in [1.29, 1.82) is 0 Å². The summed E-state index contributed by atoms with van der Waals surface area (Å²) in [5, 5.41) is 3.78. The minimum atomic E-state index is -0.255. The van der Waals surface area contributed by atoms with E-state index in [0.717, 1.165) is 30.0 Å². The number of piperidine rings is 1. The number of hydrogen-bond acceptors (Lipinski definition) is 6. The number of carbonyl (C=O) groups is 1. The van der Waals surface area contributed by atoms with Gasteiger partial charge < -0.3 is 33.7 Å². The Labute approximate surface area is 199 Å². The van der Waals surface area contributed by atoms with Crippen LogP contribution in [0.4, 0.5) is 5.69 Å². The van der Waals surface area contributed by atoms with Gasteiger partial charge >= 0.3 is 0 Å². The zero-order valence-corrected chi connectivity index (χ0v) is 19.9. The molecule has 1 N–H and O–H groups in total. The largest absolute Gasteiger partial charge is 0.497 e. The van der Waals surface area contributed by atoms with Gasteiger partial charge in [0.1, 0.15) is 5.75 Å². The number of benzene rings is 2. The Morgan fingerprint density at radius 1 is 0.912 bits per heavy atom. The topological polar surface area (TPSA) is 74.2 Å². The van der Waals surface area contributed by atoms with Crippen LogP contribution in [0.15, 0.2) is 48.7 Å². The second kappa shape index (κ2) is 8.52. The van der Waals surface area contributed by atoms with E-state index in [1.807, 2.05) is 17.0 Å². The van der Waals surface area contributed by atoms with Crippen LogP contribution in [0, 0.1) is 0 Å². The van der Waals surface area contributed by atoms with Gasteiger partial charge in [-0.3, -0.25) is 4.79 Å². The molecule has 2 aliphatic heterocycles. The summed E-state index contributed by atoms with van der Waals surface area (Å²) in [5.74, 6) is 2.17. The Bertz CT molecular complexity index is 1200. The lowest BCUT2D eigenvalue weighted by atomic mass is 9.82. The van der Waals surface area contributed by atoms with E-state index in [-0.39, 0.29) is 11.4 Å². The number of nitrogens with one attached hydrogen (secondary N) is 1. The van der Waals surface area contributed by atoms with Gasteiger partial charge in [0, 0.05) is 36.6 Å². The molecule has 1 aromatic heterocycles. The zero-order valence-electron chi connectivity index (χ0n) is 19.9. The molecule has 1 spiro atoms. The maximum absolute atomic E-state index is 13.4. The molecule has 1 fully saturated rings. The molecule has 3 heterocycles. The van der Waals surface area contributed by atoms with Crippen LogP contribution < -0.4 is 24.3 Å². The van der Waals surface area contributed by atoms with Gasteiger partial charge in [-0.2, -0.15) is 0 Å². The average Bonchev–Trinajstić information content (AvgIpc) is 3.39. The summed E-state index contributed by atoms with van der Waals surface area (Å²) < 4.78 is 23.9. The summed E-state index contributed by atoms with van der Waals surface area (Å²) >= 11 is 0. The zero-order chi connectivity index (χ0) is 23.9. The average molecular weight is 464 g/mol. The van der Waals surface area contributed by atoms with Crippen molar-refractivity contribution in [3.8, 4) is 28.7 Å². The van der Waals surface area contributed by atoms with E-state index in [2.05, 4.69) is 34.3 Å². The first-order valence-electron chi connectivity index (χ1n) is 11.3. The van der Waals surface area contributed by atoms with Gasteiger partial charge in [0.25, 0.3) is 5.91 Å². The first-order chi connectivity index (χ1) is 16.5. The molecule has 2 aromatic carbocycles. The summed E-state index contributed by atoms with van der Waals surface area (Å²) in [6.45, 7) is 1.24. The highest BCUT2D eigenvalue weighted by atomic mass is 16.5. The molecule has 0 radical (unpaired) electrons. The molecular formula is C26H29N3O5. The number of ether oxygens (including phenoxy) is 4. The van der Waals surface area contributed by atoms with Crippen molar-refractivity contribution in [2.24, 2.45) is 0 Å². The van der Waals surface area contributed by atoms with Crippen LogP contribution in [0.25, 0.3) is 5.69 Å². The molecule has 8 nitrogen and oxygen atoms in total. The third-order valence-corrected chi connectivity index (χ3v) is 6.89. The fraction of sp³-hybridized carbons (Fsp3) is 0.346. The van der Waals surface area contributed by atoms with Crippen molar-refractivity contribution >= 4 is 11.6 Å². The fourth-order valence-electron chi connectivity index (χ4n) is 5.11. The van der Waals surface area contributed by atoms with E-state index in [4.69, 9.17) is 18.9 Å². The van der Waals surface area contributed by atoms with Crippen molar-refractivity contribution in [1.82, 2.24) is 9.47 Å². The molecule has 0 saturated carbocycles. The number of rotatable bonds is 5. The number of likely N-dealkylation sites (tertiary alicyclic amines) is 1. The lowest BCUT2D eigenvalue weighted by Crippen LogP contribution is -2.51. The molecule has 0 bridgehead atoms. The van der Waals surface area contributed by atoms with E-state index < -0.39 is 0 Å². The SMILES string of the molecule is COc1ccc2c(c1)NC1(CCN(C(=O)c3cc(OC)c(OC)c(OC)c3)CC1)c1cccn1-2. The van der Waals surface area contributed by atoms with Gasteiger partial charge in [-0.1, -0.05) is 0 Å². The quantitative estimate of drug-likeness (QED) is 0.615. The summed E-state index contributed by atoms with van der Waals surface area (Å²) in [6.07, 6.45) is 3.66. The Balaban J connectivity index is 1.40. The van der Waals surface area contributed by atoms with Crippen molar-refractivity contribution in [2.75, 3.05) is 46.8 Å². The van der Waals surface area contributed by atoms with Gasteiger partial charge in [-0.05, 0) is 49.2 Å².